The van der Waals surface area contributed by atoms with E-state index in [-0.39, 0.29) is 11.9 Å². The van der Waals surface area contributed by atoms with E-state index in [9.17, 15) is 4.39 Å². The van der Waals surface area contributed by atoms with E-state index in [0.717, 1.165) is 0 Å². The molecule has 0 bridgehead atoms. The number of nitrogens with two attached hydrogens (primary N) is 1. The number of ether oxygens (including phenoxy) is 1. The van der Waals surface area contributed by atoms with E-state index in [1.807, 2.05) is 27.9 Å². The summed E-state index contributed by atoms with van der Waals surface area (Å²) in [5.41, 5.74) is 9.64. The summed E-state index contributed by atoms with van der Waals surface area (Å²) in [6.07, 6.45) is -0.0784. The summed E-state index contributed by atoms with van der Waals surface area (Å²) in [6.45, 7) is 3.68. The minimum absolute atomic E-state index is 0.0784. The quantitative estimate of drug-likeness (QED) is 0.611. The number of hydrogen-bond donors (Lipinski definition) is 2. The van der Waals surface area contributed by atoms with Crippen molar-refractivity contribution >= 4 is 11.4 Å². The molecular formula is C11H18FN3O. The Bertz CT molecular complexity index is 335. The Balaban J connectivity index is 3.01. The molecule has 16 heavy (non-hydrogen) atoms. The van der Waals surface area contributed by atoms with E-state index < -0.39 is 5.82 Å². The van der Waals surface area contributed by atoms with Crippen LogP contribution in [0.15, 0.2) is 12.1 Å². The maximum Gasteiger partial charge on any atom is 0.167 e. The number of nitrogen functional groups attached to an aromatic ring is 1. The molecule has 3 N–H and O–H groups in total. The summed E-state index contributed by atoms with van der Waals surface area (Å²) >= 11 is 0. The Kier molecular flexibility index (Phi) is 3.95. The van der Waals surface area contributed by atoms with E-state index in [1.54, 1.807) is 11.1 Å². The van der Waals surface area contributed by atoms with Gasteiger partial charge in [0.05, 0.1) is 17.5 Å². The average molecular weight is 227 g/mol. The SMILES string of the molecule is CC(C)Oc1cc(NN(C)C)c(N)cc1F. The molecule has 0 atom stereocenters. The molecule has 4 nitrogen and oxygen atoms in total. The van der Waals surface area contributed by atoms with Gasteiger partial charge in [0.2, 0.25) is 0 Å². The third-order valence-corrected chi connectivity index (χ3v) is 1.81. The number of hydrazine groups is 1. The molecule has 1 rings (SSSR count). The van der Waals surface area contributed by atoms with Crippen LogP contribution in [-0.2, 0) is 0 Å². The molecule has 1 aromatic carbocycles. The van der Waals surface area contributed by atoms with Crippen LogP contribution in [0.1, 0.15) is 13.8 Å². The fourth-order valence-corrected chi connectivity index (χ4v) is 1.25. The summed E-state index contributed by atoms with van der Waals surface area (Å²) in [7, 11) is 3.65. The molecule has 0 saturated carbocycles. The summed E-state index contributed by atoms with van der Waals surface area (Å²) in [4.78, 5) is 0. The van der Waals surface area contributed by atoms with Crippen molar-refractivity contribution in [1.29, 1.82) is 0 Å². The second-order valence-corrected chi connectivity index (χ2v) is 4.04. The lowest BCUT2D eigenvalue weighted by Gasteiger charge is -2.18. The first kappa shape index (κ1) is 12.6. The van der Waals surface area contributed by atoms with Gasteiger partial charge < -0.3 is 15.9 Å². The Labute approximate surface area is 95.2 Å². The fourth-order valence-electron chi connectivity index (χ4n) is 1.25. The lowest BCUT2D eigenvalue weighted by molar-refractivity contribution is 0.231. The van der Waals surface area contributed by atoms with Crippen molar-refractivity contribution in [2.24, 2.45) is 0 Å². The zero-order valence-corrected chi connectivity index (χ0v) is 10.0. The van der Waals surface area contributed by atoms with Crippen LogP contribution in [0.3, 0.4) is 0 Å². The summed E-state index contributed by atoms with van der Waals surface area (Å²) in [5.74, 6) is -0.246. The van der Waals surface area contributed by atoms with Crippen LogP contribution in [-0.4, -0.2) is 25.2 Å². The Morgan fingerprint density at radius 2 is 2.00 bits per heavy atom. The van der Waals surface area contributed by atoms with Crippen molar-refractivity contribution in [3.8, 4) is 5.75 Å². The molecule has 0 spiro atoms. The van der Waals surface area contributed by atoms with Gasteiger partial charge in [-0.25, -0.2) is 9.40 Å². The number of hydrogen-bond acceptors (Lipinski definition) is 4. The maximum absolute atomic E-state index is 13.5. The molecule has 0 fully saturated rings. The minimum Gasteiger partial charge on any atom is -0.488 e. The molecule has 0 amide bonds. The van der Waals surface area contributed by atoms with Crippen LogP contribution in [0.5, 0.6) is 5.75 Å². The number of rotatable bonds is 4. The third-order valence-electron chi connectivity index (χ3n) is 1.81. The lowest BCUT2D eigenvalue weighted by Crippen LogP contribution is -2.20. The van der Waals surface area contributed by atoms with Gasteiger partial charge in [0.15, 0.2) is 11.6 Å². The molecule has 0 aliphatic carbocycles. The Hall–Kier alpha value is -1.49. The molecule has 0 saturated heterocycles. The van der Waals surface area contributed by atoms with Crippen molar-refractivity contribution in [2.45, 2.75) is 20.0 Å². The Morgan fingerprint density at radius 3 is 2.50 bits per heavy atom. The van der Waals surface area contributed by atoms with E-state index >= 15 is 0 Å². The highest BCUT2D eigenvalue weighted by molar-refractivity contribution is 5.68. The number of nitrogens with one attached hydrogen (secondary N) is 1. The van der Waals surface area contributed by atoms with Gasteiger partial charge in [-0.3, -0.25) is 0 Å². The highest BCUT2D eigenvalue weighted by Crippen LogP contribution is 2.28. The molecule has 90 valence electrons. The van der Waals surface area contributed by atoms with Gasteiger partial charge in [0, 0.05) is 26.2 Å². The van der Waals surface area contributed by atoms with Crippen LogP contribution < -0.4 is 15.9 Å². The maximum atomic E-state index is 13.5. The van der Waals surface area contributed by atoms with Crippen molar-refractivity contribution in [3.63, 3.8) is 0 Å². The normalized spacial score (nSPS) is 10.9. The molecule has 5 heteroatoms. The van der Waals surface area contributed by atoms with E-state index in [0.29, 0.717) is 11.4 Å². The monoisotopic (exact) mass is 227 g/mol. The van der Waals surface area contributed by atoms with E-state index in [1.165, 1.54) is 6.07 Å². The zero-order valence-electron chi connectivity index (χ0n) is 10.0. The average Bonchev–Trinajstić information content (AvgIpc) is 2.11. The van der Waals surface area contributed by atoms with Crippen LogP contribution in [0.4, 0.5) is 15.8 Å². The minimum atomic E-state index is -0.449. The first-order chi connectivity index (χ1) is 7.40. The van der Waals surface area contributed by atoms with Crippen molar-refractivity contribution in [2.75, 3.05) is 25.3 Å². The second-order valence-electron chi connectivity index (χ2n) is 4.04. The number of anilines is 2. The van der Waals surface area contributed by atoms with Crippen LogP contribution in [0, 0.1) is 5.82 Å². The van der Waals surface area contributed by atoms with Gasteiger partial charge in [-0.05, 0) is 13.8 Å². The fraction of sp³-hybridized carbons (Fsp3) is 0.455. The summed E-state index contributed by atoms with van der Waals surface area (Å²) in [5, 5.41) is 1.72. The second kappa shape index (κ2) is 5.03. The molecule has 0 aliphatic rings. The summed E-state index contributed by atoms with van der Waals surface area (Å²) < 4.78 is 18.8. The van der Waals surface area contributed by atoms with Gasteiger partial charge in [-0.2, -0.15) is 0 Å². The van der Waals surface area contributed by atoms with Crippen molar-refractivity contribution < 1.29 is 9.13 Å². The lowest BCUT2D eigenvalue weighted by atomic mass is 10.2. The number of benzene rings is 1. The highest BCUT2D eigenvalue weighted by atomic mass is 19.1. The first-order valence-electron chi connectivity index (χ1n) is 5.09. The molecule has 0 heterocycles. The van der Waals surface area contributed by atoms with Gasteiger partial charge in [0.25, 0.3) is 0 Å². The van der Waals surface area contributed by atoms with Gasteiger partial charge in [0.1, 0.15) is 0 Å². The standard InChI is InChI=1S/C11H18FN3O/c1-7(2)16-11-6-10(14-15(3)4)9(13)5-8(11)12/h5-7,14H,13H2,1-4H3. The Morgan fingerprint density at radius 1 is 1.38 bits per heavy atom. The van der Waals surface area contributed by atoms with Crippen LogP contribution in [0.25, 0.3) is 0 Å². The van der Waals surface area contributed by atoms with E-state index in [2.05, 4.69) is 5.43 Å². The molecule has 1 aromatic rings. The topological polar surface area (TPSA) is 50.5 Å². The van der Waals surface area contributed by atoms with Gasteiger partial charge >= 0.3 is 0 Å². The predicted octanol–water partition coefficient (Wildman–Crippen LogP) is 2.08. The molecule has 0 unspecified atom stereocenters. The zero-order chi connectivity index (χ0) is 12.3. The molecule has 0 aliphatic heterocycles. The number of halogens is 1. The molecule has 0 radical (unpaired) electrons. The smallest absolute Gasteiger partial charge is 0.167 e. The molecular weight excluding hydrogens is 209 g/mol. The largest absolute Gasteiger partial charge is 0.488 e. The molecule has 0 aromatic heterocycles. The van der Waals surface area contributed by atoms with Crippen LogP contribution >= 0.6 is 0 Å². The first-order valence-corrected chi connectivity index (χ1v) is 5.09. The third kappa shape index (κ3) is 3.27. The van der Waals surface area contributed by atoms with Gasteiger partial charge in [-0.1, -0.05) is 0 Å². The van der Waals surface area contributed by atoms with Gasteiger partial charge in [-0.15, -0.1) is 0 Å². The predicted molar refractivity (Wildman–Crippen MR) is 63.9 cm³/mol. The summed E-state index contributed by atoms with van der Waals surface area (Å²) in [6, 6.07) is 2.81. The number of nitrogens with zero attached hydrogens (tertiary/aromatic N) is 1. The highest BCUT2D eigenvalue weighted by Gasteiger charge is 2.10. The van der Waals surface area contributed by atoms with Crippen molar-refractivity contribution in [3.05, 3.63) is 17.9 Å². The van der Waals surface area contributed by atoms with Crippen LogP contribution in [0.2, 0.25) is 0 Å². The van der Waals surface area contributed by atoms with E-state index in [4.69, 9.17) is 10.5 Å². The van der Waals surface area contributed by atoms with Crippen molar-refractivity contribution in [1.82, 2.24) is 5.01 Å².